The van der Waals surface area contributed by atoms with E-state index in [0.29, 0.717) is 44.0 Å². The molecular formula is C23H16BBrF3NO4S2. The second kappa shape index (κ2) is 10.4. The van der Waals surface area contributed by atoms with Crippen molar-refractivity contribution in [3.63, 3.8) is 0 Å². The average molecular weight is 582 g/mol. The van der Waals surface area contributed by atoms with Gasteiger partial charge in [-0.1, -0.05) is 63.9 Å². The zero-order chi connectivity index (χ0) is 25.9. The lowest BCUT2D eigenvalue weighted by Gasteiger charge is -2.21. The van der Waals surface area contributed by atoms with Gasteiger partial charge < -0.3 is 0 Å². The zero-order valence-corrected chi connectivity index (χ0v) is 20.9. The van der Waals surface area contributed by atoms with Crippen molar-refractivity contribution >= 4 is 67.1 Å². The molecule has 0 saturated heterocycles. The molecule has 5 nitrogen and oxygen atoms in total. The van der Waals surface area contributed by atoms with Gasteiger partial charge in [-0.05, 0) is 53.6 Å². The first-order valence-electron chi connectivity index (χ1n) is 9.73. The van der Waals surface area contributed by atoms with Gasteiger partial charge in [-0.2, -0.15) is 16.9 Å². The molecule has 3 aromatic carbocycles. The van der Waals surface area contributed by atoms with Crippen LogP contribution in [0.4, 0.5) is 18.9 Å². The third-order valence-corrected chi connectivity index (χ3v) is 8.52. The molecule has 0 aromatic heterocycles. The van der Waals surface area contributed by atoms with Crippen molar-refractivity contribution in [1.82, 2.24) is 0 Å². The molecule has 3 aromatic rings. The highest BCUT2D eigenvalue weighted by Crippen LogP contribution is 2.34. The Morgan fingerprint density at radius 2 is 1.31 bits per heavy atom. The van der Waals surface area contributed by atoms with E-state index in [-0.39, 0.29) is 3.71 Å². The highest BCUT2D eigenvalue weighted by atomic mass is 79.9. The van der Waals surface area contributed by atoms with Crippen molar-refractivity contribution in [3.05, 3.63) is 105 Å². The molecule has 0 saturated carbocycles. The van der Waals surface area contributed by atoms with Crippen LogP contribution in [0.3, 0.4) is 0 Å². The SMILES string of the molecule is [B]c1cccc(/C=C/S(=O)(=O)N(c2cccc(C(F)(F)F)c2)S(=O)(=O)/C=C/c2cccc(Br)c2)c1. The van der Waals surface area contributed by atoms with Gasteiger partial charge >= 0.3 is 6.18 Å². The van der Waals surface area contributed by atoms with Gasteiger partial charge in [0.1, 0.15) is 7.85 Å². The lowest BCUT2D eigenvalue weighted by Crippen LogP contribution is -2.34. The van der Waals surface area contributed by atoms with Crippen molar-refractivity contribution in [3.8, 4) is 0 Å². The van der Waals surface area contributed by atoms with Crippen LogP contribution in [0.1, 0.15) is 16.7 Å². The second-order valence-corrected chi connectivity index (χ2v) is 11.6. The zero-order valence-electron chi connectivity index (χ0n) is 17.7. The van der Waals surface area contributed by atoms with Crippen LogP contribution in [0.15, 0.2) is 88.1 Å². The second-order valence-electron chi connectivity index (χ2n) is 7.17. The predicted molar refractivity (Wildman–Crippen MR) is 136 cm³/mol. The number of alkyl halides is 3. The Morgan fingerprint density at radius 3 is 1.86 bits per heavy atom. The molecule has 12 heteroatoms. The Hall–Kier alpha value is -2.83. The van der Waals surface area contributed by atoms with Crippen LogP contribution < -0.4 is 9.17 Å². The molecule has 0 atom stereocenters. The Labute approximate surface area is 211 Å². The van der Waals surface area contributed by atoms with Crippen LogP contribution in [0.2, 0.25) is 0 Å². The fraction of sp³-hybridized carbons (Fsp3) is 0.0435. The molecule has 0 heterocycles. The summed E-state index contributed by atoms with van der Waals surface area (Å²) in [6.07, 6.45) is -2.59. The topological polar surface area (TPSA) is 71.5 Å². The van der Waals surface area contributed by atoms with Gasteiger partial charge in [0.25, 0.3) is 20.0 Å². The number of hydrogen-bond acceptors (Lipinski definition) is 4. The first-order chi connectivity index (χ1) is 16.3. The summed E-state index contributed by atoms with van der Waals surface area (Å²) in [4.78, 5) is 0. The summed E-state index contributed by atoms with van der Waals surface area (Å²) in [5.41, 5.74) is -0.805. The molecule has 35 heavy (non-hydrogen) atoms. The predicted octanol–water partition coefficient (Wildman–Crippen LogP) is 5.07. The maximum Gasteiger partial charge on any atom is 0.416 e. The average Bonchev–Trinajstić information content (AvgIpc) is 2.76. The molecule has 0 aliphatic rings. The van der Waals surface area contributed by atoms with Crippen molar-refractivity contribution < 1.29 is 30.0 Å². The van der Waals surface area contributed by atoms with Crippen LogP contribution in [0.5, 0.6) is 0 Å². The van der Waals surface area contributed by atoms with E-state index < -0.39 is 37.5 Å². The Bertz CT molecular complexity index is 1420. The molecule has 0 bridgehead atoms. The van der Waals surface area contributed by atoms with E-state index in [1.54, 1.807) is 36.4 Å². The summed E-state index contributed by atoms with van der Waals surface area (Å²) >= 11 is 3.24. The van der Waals surface area contributed by atoms with Gasteiger partial charge in [0.05, 0.1) is 22.1 Å². The third kappa shape index (κ3) is 7.09. The van der Waals surface area contributed by atoms with E-state index in [1.807, 2.05) is 0 Å². The molecule has 0 N–H and O–H groups in total. The number of nitrogens with zero attached hydrogens (tertiary/aromatic N) is 1. The van der Waals surface area contributed by atoms with E-state index in [9.17, 15) is 30.0 Å². The van der Waals surface area contributed by atoms with E-state index in [2.05, 4.69) is 15.9 Å². The van der Waals surface area contributed by atoms with Crippen molar-refractivity contribution in [2.75, 3.05) is 3.71 Å². The summed E-state index contributed by atoms with van der Waals surface area (Å²) in [5.74, 6) is 0. The Morgan fingerprint density at radius 1 is 0.771 bits per heavy atom. The standard InChI is InChI=1S/C23H16BBrF3NO4S2/c24-20-7-1-4-17(14-20)10-12-34(30,31)29(22-9-3-6-19(16-22)23(26,27)28)35(32,33)13-11-18-5-2-8-21(25)15-18/h1-16H/b12-10+,13-11+. The fourth-order valence-electron chi connectivity index (χ4n) is 2.95. The molecular weight excluding hydrogens is 566 g/mol. The minimum atomic E-state index is -4.82. The van der Waals surface area contributed by atoms with Crippen molar-refractivity contribution in [2.45, 2.75) is 6.18 Å². The van der Waals surface area contributed by atoms with Gasteiger partial charge in [-0.15, -0.1) is 0 Å². The van der Waals surface area contributed by atoms with Crippen molar-refractivity contribution in [1.29, 1.82) is 0 Å². The first kappa shape index (κ1) is 26.8. The number of benzene rings is 3. The minimum Gasteiger partial charge on any atom is -0.201 e. The first-order valence-corrected chi connectivity index (χ1v) is 13.5. The smallest absolute Gasteiger partial charge is 0.201 e. The minimum absolute atomic E-state index is 0.0491. The maximum atomic E-state index is 13.3. The fourth-order valence-corrected chi connectivity index (χ4v) is 6.51. The molecule has 0 amide bonds. The summed E-state index contributed by atoms with van der Waals surface area (Å²) in [5, 5.41) is 1.20. The van der Waals surface area contributed by atoms with Gasteiger partial charge in [-0.25, -0.2) is 16.8 Å². The lowest BCUT2D eigenvalue weighted by atomic mass is 9.95. The summed E-state index contributed by atoms with van der Waals surface area (Å²) < 4.78 is 93.1. The maximum absolute atomic E-state index is 13.3. The summed E-state index contributed by atoms with van der Waals surface area (Å²) in [7, 11) is -3.96. The highest BCUT2D eigenvalue weighted by molar-refractivity contribution is 9.10. The molecule has 180 valence electrons. The number of hydrogen-bond donors (Lipinski definition) is 0. The molecule has 3 rings (SSSR count). The van der Waals surface area contributed by atoms with Crippen LogP contribution >= 0.6 is 15.9 Å². The molecule has 0 spiro atoms. The number of halogens is 4. The van der Waals surface area contributed by atoms with Gasteiger partial charge in [0, 0.05) is 4.47 Å². The molecule has 0 fully saturated rings. The van der Waals surface area contributed by atoms with E-state index in [1.165, 1.54) is 12.1 Å². The van der Waals surface area contributed by atoms with Crippen LogP contribution in [0, 0.1) is 0 Å². The molecule has 0 aliphatic carbocycles. The number of anilines is 1. The van der Waals surface area contributed by atoms with Gasteiger partial charge in [0.15, 0.2) is 0 Å². The monoisotopic (exact) mass is 581 g/mol. The Kier molecular flexibility index (Phi) is 7.98. The van der Waals surface area contributed by atoms with Crippen LogP contribution in [-0.2, 0) is 26.2 Å². The number of rotatable bonds is 7. The van der Waals surface area contributed by atoms with Gasteiger partial charge in [-0.3, -0.25) is 0 Å². The van der Waals surface area contributed by atoms with Gasteiger partial charge in [0.2, 0.25) is 0 Å². The van der Waals surface area contributed by atoms with E-state index in [4.69, 9.17) is 7.85 Å². The largest absolute Gasteiger partial charge is 0.416 e. The quantitative estimate of drug-likeness (QED) is 0.365. The summed E-state index contributed by atoms with van der Waals surface area (Å²) in [6, 6.07) is 15.6. The normalized spacial score (nSPS) is 12.9. The van der Waals surface area contributed by atoms with E-state index >= 15 is 0 Å². The van der Waals surface area contributed by atoms with Crippen LogP contribution in [0.25, 0.3) is 12.2 Å². The van der Waals surface area contributed by atoms with Crippen LogP contribution in [-0.4, -0.2) is 24.7 Å². The Balaban J connectivity index is 2.13. The molecule has 2 radical (unpaired) electrons. The summed E-state index contributed by atoms with van der Waals surface area (Å²) in [6.45, 7) is 0. The lowest BCUT2D eigenvalue weighted by molar-refractivity contribution is -0.137. The number of sulfonamides is 2. The molecule has 0 aliphatic heterocycles. The van der Waals surface area contributed by atoms with E-state index in [0.717, 1.165) is 24.3 Å². The molecule has 0 unspecified atom stereocenters. The van der Waals surface area contributed by atoms with Crippen molar-refractivity contribution in [2.24, 2.45) is 0 Å². The third-order valence-electron chi connectivity index (χ3n) is 4.47. The highest BCUT2D eigenvalue weighted by Gasteiger charge is 2.35.